The zero-order valence-corrected chi connectivity index (χ0v) is 12.3. The average Bonchev–Trinajstić information content (AvgIpc) is 2.58. The highest BCUT2D eigenvalue weighted by molar-refractivity contribution is 5.82. The van der Waals surface area contributed by atoms with Gasteiger partial charge in [0.15, 0.2) is 0 Å². The summed E-state index contributed by atoms with van der Waals surface area (Å²) >= 11 is 0. The second-order valence-electron chi connectivity index (χ2n) is 5.07. The van der Waals surface area contributed by atoms with Crippen LogP contribution in [0.1, 0.15) is 5.56 Å². The lowest BCUT2D eigenvalue weighted by molar-refractivity contribution is 0.475. The normalized spacial score (nSPS) is 10.8. The summed E-state index contributed by atoms with van der Waals surface area (Å²) in [5.74, 6) is 0.477. The van der Waals surface area contributed by atoms with Crippen LogP contribution in [-0.2, 0) is 0 Å². The molecule has 0 amide bonds. The number of aliphatic imine (C=N–C) groups is 1. The molecule has 0 bridgehead atoms. The van der Waals surface area contributed by atoms with E-state index in [4.69, 9.17) is 0 Å². The summed E-state index contributed by atoms with van der Waals surface area (Å²) in [5.41, 5.74) is 3.63. The van der Waals surface area contributed by atoms with Crippen molar-refractivity contribution >= 4 is 23.3 Å². The second kappa shape index (κ2) is 6.66. The van der Waals surface area contributed by atoms with Gasteiger partial charge in [0.1, 0.15) is 11.5 Å². The predicted molar refractivity (Wildman–Crippen MR) is 93.2 cm³/mol. The number of benzene rings is 3. The lowest BCUT2D eigenvalue weighted by atomic mass is 10.2. The third-order valence-corrected chi connectivity index (χ3v) is 3.28. The predicted octanol–water partition coefficient (Wildman–Crippen LogP) is 4.59. The minimum atomic E-state index is 0.230. The van der Waals surface area contributed by atoms with Gasteiger partial charge < -0.3 is 15.5 Å². The van der Waals surface area contributed by atoms with Crippen LogP contribution in [0.25, 0.3) is 0 Å². The molecule has 23 heavy (non-hydrogen) atoms. The highest BCUT2D eigenvalue weighted by atomic mass is 16.3. The van der Waals surface area contributed by atoms with Gasteiger partial charge in [0, 0.05) is 17.6 Å². The largest absolute Gasteiger partial charge is 0.508 e. The van der Waals surface area contributed by atoms with E-state index in [1.54, 1.807) is 42.6 Å². The maximum Gasteiger partial charge on any atom is 0.115 e. The van der Waals surface area contributed by atoms with Crippen molar-refractivity contribution in [2.45, 2.75) is 0 Å². The lowest BCUT2D eigenvalue weighted by Crippen LogP contribution is -1.90. The SMILES string of the molecule is Oc1ccc(/N=C/c2ccc(Nc3ccc(O)cc3)cc2)cc1. The second-order valence-corrected chi connectivity index (χ2v) is 5.07. The van der Waals surface area contributed by atoms with E-state index in [2.05, 4.69) is 10.3 Å². The molecule has 4 heteroatoms. The smallest absolute Gasteiger partial charge is 0.115 e. The highest BCUT2D eigenvalue weighted by Crippen LogP contribution is 2.20. The van der Waals surface area contributed by atoms with E-state index in [9.17, 15) is 10.2 Å². The molecule has 0 atom stereocenters. The third kappa shape index (κ3) is 4.11. The van der Waals surface area contributed by atoms with Crippen LogP contribution in [0.5, 0.6) is 11.5 Å². The Morgan fingerprint density at radius 2 is 1.13 bits per heavy atom. The van der Waals surface area contributed by atoms with Crippen LogP contribution in [0.15, 0.2) is 77.8 Å². The Labute approximate surface area is 134 Å². The van der Waals surface area contributed by atoms with E-state index in [-0.39, 0.29) is 11.5 Å². The number of phenolic OH excluding ortho intramolecular Hbond substituents is 2. The van der Waals surface area contributed by atoms with Crippen molar-refractivity contribution in [1.82, 2.24) is 0 Å². The fourth-order valence-corrected chi connectivity index (χ4v) is 2.05. The van der Waals surface area contributed by atoms with Crippen LogP contribution >= 0.6 is 0 Å². The summed E-state index contributed by atoms with van der Waals surface area (Å²) < 4.78 is 0. The van der Waals surface area contributed by atoms with Crippen molar-refractivity contribution in [3.63, 3.8) is 0 Å². The molecule has 0 aliphatic heterocycles. The lowest BCUT2D eigenvalue weighted by Gasteiger charge is -2.06. The molecule has 0 aromatic heterocycles. The molecule has 0 aliphatic rings. The first kappa shape index (κ1) is 14.7. The summed E-state index contributed by atoms with van der Waals surface area (Å²) in [6, 6.07) is 21.5. The van der Waals surface area contributed by atoms with Crippen molar-refractivity contribution in [3.8, 4) is 11.5 Å². The van der Waals surface area contributed by atoms with Gasteiger partial charge in [-0.1, -0.05) is 12.1 Å². The molecule has 3 aromatic carbocycles. The molecular weight excluding hydrogens is 288 g/mol. The number of nitrogens with one attached hydrogen (secondary N) is 1. The number of hydrogen-bond donors (Lipinski definition) is 3. The summed E-state index contributed by atoms with van der Waals surface area (Å²) in [6.07, 6.45) is 1.77. The van der Waals surface area contributed by atoms with Gasteiger partial charge in [-0.25, -0.2) is 0 Å². The topological polar surface area (TPSA) is 64.9 Å². The number of hydrogen-bond acceptors (Lipinski definition) is 4. The molecule has 0 saturated carbocycles. The number of aromatic hydroxyl groups is 2. The number of nitrogens with zero attached hydrogens (tertiary/aromatic N) is 1. The molecule has 0 saturated heterocycles. The maximum atomic E-state index is 9.27. The van der Waals surface area contributed by atoms with Gasteiger partial charge in [-0.3, -0.25) is 4.99 Å². The molecule has 0 spiro atoms. The highest BCUT2D eigenvalue weighted by Gasteiger charge is 1.96. The van der Waals surface area contributed by atoms with Gasteiger partial charge in [-0.15, -0.1) is 0 Å². The monoisotopic (exact) mass is 304 g/mol. The molecule has 0 fully saturated rings. The molecule has 3 N–H and O–H groups in total. The van der Waals surface area contributed by atoms with E-state index >= 15 is 0 Å². The molecule has 114 valence electrons. The summed E-state index contributed by atoms with van der Waals surface area (Å²) in [6.45, 7) is 0. The van der Waals surface area contributed by atoms with Gasteiger partial charge in [-0.2, -0.15) is 0 Å². The number of anilines is 2. The fourth-order valence-electron chi connectivity index (χ4n) is 2.05. The van der Waals surface area contributed by atoms with Gasteiger partial charge in [-0.05, 0) is 66.2 Å². The average molecular weight is 304 g/mol. The van der Waals surface area contributed by atoms with Crippen molar-refractivity contribution in [2.75, 3.05) is 5.32 Å². The van der Waals surface area contributed by atoms with Gasteiger partial charge >= 0.3 is 0 Å². The summed E-state index contributed by atoms with van der Waals surface area (Å²) in [5, 5.41) is 21.8. The summed E-state index contributed by atoms with van der Waals surface area (Å²) in [4.78, 5) is 4.36. The van der Waals surface area contributed by atoms with E-state index in [1.165, 1.54) is 0 Å². The Morgan fingerprint density at radius 3 is 1.70 bits per heavy atom. The van der Waals surface area contributed by atoms with Crippen molar-refractivity contribution in [2.24, 2.45) is 4.99 Å². The molecule has 0 heterocycles. The standard InChI is InChI=1S/C19H16N2O2/c22-18-9-5-15(6-10-18)20-13-14-1-3-16(4-2-14)21-17-7-11-19(23)12-8-17/h1-13,21-23H/b20-13+. The molecule has 0 unspecified atom stereocenters. The number of phenols is 2. The van der Waals surface area contributed by atoms with Crippen molar-refractivity contribution in [1.29, 1.82) is 0 Å². The van der Waals surface area contributed by atoms with E-state index in [0.717, 1.165) is 22.6 Å². The first-order valence-electron chi connectivity index (χ1n) is 7.18. The third-order valence-electron chi connectivity index (χ3n) is 3.28. The Kier molecular flexibility index (Phi) is 4.25. The van der Waals surface area contributed by atoms with Crippen molar-refractivity contribution < 1.29 is 10.2 Å². The minimum Gasteiger partial charge on any atom is -0.508 e. The van der Waals surface area contributed by atoms with Crippen LogP contribution in [0.4, 0.5) is 17.1 Å². The van der Waals surface area contributed by atoms with Crippen LogP contribution in [0, 0.1) is 0 Å². The fraction of sp³-hybridized carbons (Fsp3) is 0. The van der Waals surface area contributed by atoms with Crippen LogP contribution in [0.3, 0.4) is 0 Å². The Morgan fingerprint density at radius 1 is 0.652 bits per heavy atom. The minimum absolute atomic E-state index is 0.230. The van der Waals surface area contributed by atoms with Crippen LogP contribution in [-0.4, -0.2) is 16.4 Å². The zero-order chi connectivity index (χ0) is 16.1. The zero-order valence-electron chi connectivity index (χ0n) is 12.3. The molecule has 3 rings (SSSR count). The quantitative estimate of drug-likeness (QED) is 0.488. The van der Waals surface area contributed by atoms with Gasteiger partial charge in [0.25, 0.3) is 0 Å². The number of rotatable bonds is 4. The van der Waals surface area contributed by atoms with Crippen molar-refractivity contribution in [3.05, 3.63) is 78.4 Å². The molecule has 3 aromatic rings. The summed E-state index contributed by atoms with van der Waals surface area (Å²) in [7, 11) is 0. The van der Waals surface area contributed by atoms with E-state index in [1.807, 2.05) is 36.4 Å². The van der Waals surface area contributed by atoms with Gasteiger partial charge in [0.05, 0.1) is 5.69 Å². The first-order chi connectivity index (χ1) is 11.2. The first-order valence-corrected chi connectivity index (χ1v) is 7.18. The Hall–Kier alpha value is -3.27. The molecule has 4 nitrogen and oxygen atoms in total. The van der Waals surface area contributed by atoms with Crippen LogP contribution in [0.2, 0.25) is 0 Å². The molecular formula is C19H16N2O2. The molecule has 0 radical (unpaired) electrons. The van der Waals surface area contributed by atoms with Crippen LogP contribution < -0.4 is 5.32 Å². The Balaban J connectivity index is 1.67. The molecule has 0 aliphatic carbocycles. The van der Waals surface area contributed by atoms with E-state index < -0.39 is 0 Å². The maximum absolute atomic E-state index is 9.27. The van der Waals surface area contributed by atoms with Gasteiger partial charge in [0.2, 0.25) is 0 Å². The Bertz CT molecular complexity index is 792. The van der Waals surface area contributed by atoms with E-state index in [0.29, 0.717) is 0 Å².